The maximum Gasteiger partial charge on any atom is 0.234 e. The average Bonchev–Trinajstić information content (AvgIpc) is 3.22. The molecule has 1 heterocycles. The maximum atomic E-state index is 12.6. The summed E-state index contributed by atoms with van der Waals surface area (Å²) in [6, 6.07) is 21.0. The van der Waals surface area contributed by atoms with Crippen LogP contribution in [0.15, 0.2) is 71.9 Å². The van der Waals surface area contributed by atoms with Crippen LogP contribution in [0.4, 0.5) is 5.69 Å². The molecule has 0 fully saturated rings. The largest absolute Gasteiger partial charge is 0.496 e. The van der Waals surface area contributed by atoms with Gasteiger partial charge in [-0.25, -0.2) is 0 Å². The van der Waals surface area contributed by atoms with Crippen LogP contribution in [-0.4, -0.2) is 33.5 Å². The summed E-state index contributed by atoms with van der Waals surface area (Å²) in [5.74, 6) is 1.32. The number of ether oxygens (including phenoxy) is 1. The smallest absolute Gasteiger partial charge is 0.234 e. The number of carbonyl (C=O) groups is 1. The summed E-state index contributed by atoms with van der Waals surface area (Å²) in [5.41, 5.74) is 4.58. The lowest BCUT2D eigenvalue weighted by Gasteiger charge is -2.15. The van der Waals surface area contributed by atoms with Gasteiger partial charge in [-0.15, -0.1) is 10.2 Å². The van der Waals surface area contributed by atoms with Crippen molar-refractivity contribution in [2.45, 2.75) is 19.0 Å². The van der Waals surface area contributed by atoms with Crippen LogP contribution in [0.3, 0.4) is 0 Å². The van der Waals surface area contributed by atoms with E-state index in [0.29, 0.717) is 27.4 Å². The van der Waals surface area contributed by atoms with Crippen LogP contribution in [-0.2, 0) is 4.79 Å². The highest BCUT2D eigenvalue weighted by Gasteiger charge is 2.21. The van der Waals surface area contributed by atoms with Crippen molar-refractivity contribution in [2.24, 2.45) is 0 Å². The fourth-order valence-electron chi connectivity index (χ4n) is 3.52. The highest BCUT2D eigenvalue weighted by Crippen LogP contribution is 2.34. The zero-order valence-electron chi connectivity index (χ0n) is 18.5. The van der Waals surface area contributed by atoms with Crippen LogP contribution in [0, 0.1) is 13.8 Å². The molecule has 4 rings (SSSR count). The number of hydrogen-bond donors (Lipinski definition) is 1. The van der Waals surface area contributed by atoms with E-state index in [1.807, 2.05) is 60.0 Å². The van der Waals surface area contributed by atoms with Crippen LogP contribution in [0.2, 0.25) is 5.02 Å². The fourth-order valence-corrected chi connectivity index (χ4v) is 4.45. The Labute approximate surface area is 202 Å². The van der Waals surface area contributed by atoms with Gasteiger partial charge < -0.3 is 10.1 Å². The number of carbonyl (C=O) groups excluding carboxylic acids is 1. The van der Waals surface area contributed by atoms with Gasteiger partial charge in [0.05, 0.1) is 34.8 Å². The van der Waals surface area contributed by atoms with Gasteiger partial charge in [0, 0.05) is 0 Å². The molecule has 0 aliphatic heterocycles. The molecule has 0 saturated carbocycles. The Hall–Kier alpha value is -3.29. The van der Waals surface area contributed by atoms with Gasteiger partial charge >= 0.3 is 0 Å². The zero-order chi connectivity index (χ0) is 23.4. The van der Waals surface area contributed by atoms with Crippen molar-refractivity contribution >= 4 is 35.0 Å². The lowest BCUT2D eigenvalue weighted by Crippen LogP contribution is -2.15. The molecule has 6 nitrogen and oxygen atoms in total. The molecule has 168 valence electrons. The molecule has 0 spiro atoms. The van der Waals surface area contributed by atoms with E-state index in [9.17, 15) is 4.79 Å². The number of benzene rings is 3. The average molecular weight is 479 g/mol. The number of halogens is 1. The number of amides is 1. The van der Waals surface area contributed by atoms with E-state index < -0.39 is 0 Å². The van der Waals surface area contributed by atoms with Crippen molar-refractivity contribution in [1.82, 2.24) is 14.8 Å². The van der Waals surface area contributed by atoms with Crippen LogP contribution >= 0.6 is 23.4 Å². The summed E-state index contributed by atoms with van der Waals surface area (Å²) in [5, 5.41) is 12.8. The molecule has 4 aromatic rings. The molecule has 0 bridgehead atoms. The minimum atomic E-state index is -0.179. The molecule has 3 aromatic carbocycles. The Morgan fingerprint density at radius 2 is 1.82 bits per heavy atom. The number of methoxy groups -OCH3 is 1. The van der Waals surface area contributed by atoms with Crippen molar-refractivity contribution < 1.29 is 9.53 Å². The predicted octanol–water partition coefficient (Wildman–Crippen LogP) is 5.94. The first kappa shape index (κ1) is 22.9. The second kappa shape index (κ2) is 10.1. The highest BCUT2D eigenvalue weighted by atomic mass is 35.5. The van der Waals surface area contributed by atoms with Crippen LogP contribution in [0.25, 0.3) is 17.1 Å². The first-order valence-electron chi connectivity index (χ1n) is 10.3. The third-order valence-corrected chi connectivity index (χ3v) is 6.31. The summed E-state index contributed by atoms with van der Waals surface area (Å²) in [6.07, 6.45) is 0. The fraction of sp³-hybridized carbons (Fsp3) is 0.160. The minimum absolute atomic E-state index is 0.153. The van der Waals surface area contributed by atoms with Gasteiger partial charge in [0.2, 0.25) is 5.91 Å². The van der Waals surface area contributed by atoms with Gasteiger partial charge in [0.15, 0.2) is 11.0 Å². The zero-order valence-corrected chi connectivity index (χ0v) is 20.1. The van der Waals surface area contributed by atoms with Gasteiger partial charge in [-0.1, -0.05) is 65.3 Å². The second-order valence-electron chi connectivity index (χ2n) is 7.45. The van der Waals surface area contributed by atoms with Gasteiger partial charge in [-0.05, 0) is 49.7 Å². The third kappa shape index (κ3) is 5.05. The number of para-hydroxylation sites is 2. The molecule has 0 radical (unpaired) electrons. The number of hydrogen-bond acceptors (Lipinski definition) is 5. The first-order chi connectivity index (χ1) is 16.0. The standard InChI is InChI=1S/C25H23ClN4O2S/c1-16-12-13-21(17(2)14-16)30-24(18-8-4-7-11-22(18)32-3)28-29-25(30)33-15-23(31)27-20-10-6-5-9-19(20)26/h4-14H,15H2,1-3H3,(H,27,31). The van der Waals surface area contributed by atoms with Crippen molar-refractivity contribution in [3.8, 4) is 22.8 Å². The molecule has 1 N–H and O–H groups in total. The molecule has 8 heteroatoms. The quantitative estimate of drug-likeness (QED) is 0.333. The number of aryl methyl sites for hydroxylation is 2. The monoisotopic (exact) mass is 478 g/mol. The molecule has 1 aromatic heterocycles. The van der Waals surface area contributed by atoms with Gasteiger partial charge in [0.1, 0.15) is 5.75 Å². The molecular weight excluding hydrogens is 456 g/mol. The Morgan fingerprint density at radius 3 is 2.58 bits per heavy atom. The van der Waals surface area contributed by atoms with Crippen molar-refractivity contribution in [2.75, 3.05) is 18.2 Å². The molecule has 33 heavy (non-hydrogen) atoms. The molecule has 1 amide bonds. The molecule has 0 unspecified atom stereocenters. The summed E-state index contributed by atoms with van der Waals surface area (Å²) in [6.45, 7) is 4.10. The molecule has 0 saturated heterocycles. The SMILES string of the molecule is COc1ccccc1-c1nnc(SCC(=O)Nc2ccccc2Cl)n1-c1ccc(C)cc1C. The minimum Gasteiger partial charge on any atom is -0.496 e. The summed E-state index contributed by atoms with van der Waals surface area (Å²) in [4.78, 5) is 12.6. The van der Waals surface area contributed by atoms with Crippen LogP contribution in [0.1, 0.15) is 11.1 Å². The van der Waals surface area contributed by atoms with Crippen LogP contribution < -0.4 is 10.1 Å². The van der Waals surface area contributed by atoms with E-state index >= 15 is 0 Å². The van der Waals surface area contributed by atoms with Crippen molar-refractivity contribution in [1.29, 1.82) is 0 Å². The van der Waals surface area contributed by atoms with E-state index in [-0.39, 0.29) is 11.7 Å². The van der Waals surface area contributed by atoms with E-state index in [2.05, 4.69) is 28.5 Å². The number of nitrogens with one attached hydrogen (secondary N) is 1. The molecule has 0 aliphatic carbocycles. The number of aromatic nitrogens is 3. The Morgan fingerprint density at radius 1 is 1.06 bits per heavy atom. The number of rotatable bonds is 7. The van der Waals surface area contributed by atoms with Gasteiger partial charge in [0.25, 0.3) is 0 Å². The number of anilines is 1. The molecule has 0 aliphatic rings. The first-order valence-corrected chi connectivity index (χ1v) is 11.7. The molecule has 0 atom stereocenters. The Kier molecular flexibility index (Phi) is 7.01. The second-order valence-corrected chi connectivity index (χ2v) is 8.80. The van der Waals surface area contributed by atoms with E-state index in [4.69, 9.17) is 16.3 Å². The Bertz CT molecular complexity index is 1310. The lowest BCUT2D eigenvalue weighted by molar-refractivity contribution is -0.113. The summed E-state index contributed by atoms with van der Waals surface area (Å²) < 4.78 is 7.53. The highest BCUT2D eigenvalue weighted by molar-refractivity contribution is 7.99. The third-order valence-electron chi connectivity index (χ3n) is 5.05. The van der Waals surface area contributed by atoms with E-state index in [0.717, 1.165) is 22.4 Å². The predicted molar refractivity (Wildman–Crippen MR) is 134 cm³/mol. The van der Waals surface area contributed by atoms with Gasteiger partial charge in [-0.3, -0.25) is 9.36 Å². The number of thioether (sulfide) groups is 1. The van der Waals surface area contributed by atoms with E-state index in [1.165, 1.54) is 11.8 Å². The Balaban J connectivity index is 1.69. The molecular formula is C25H23ClN4O2S. The van der Waals surface area contributed by atoms with Crippen molar-refractivity contribution in [3.63, 3.8) is 0 Å². The van der Waals surface area contributed by atoms with Crippen molar-refractivity contribution in [3.05, 3.63) is 82.9 Å². The lowest BCUT2D eigenvalue weighted by atomic mass is 10.1. The summed E-state index contributed by atoms with van der Waals surface area (Å²) in [7, 11) is 1.63. The number of nitrogens with zero attached hydrogens (tertiary/aromatic N) is 3. The maximum absolute atomic E-state index is 12.6. The summed E-state index contributed by atoms with van der Waals surface area (Å²) >= 11 is 7.47. The van der Waals surface area contributed by atoms with Gasteiger partial charge in [-0.2, -0.15) is 0 Å². The topological polar surface area (TPSA) is 69.0 Å². The van der Waals surface area contributed by atoms with E-state index in [1.54, 1.807) is 19.2 Å². The van der Waals surface area contributed by atoms with Crippen LogP contribution in [0.5, 0.6) is 5.75 Å². The normalized spacial score (nSPS) is 10.8.